The lowest BCUT2D eigenvalue weighted by atomic mass is 9.84. The number of pyridine rings is 1. The second-order valence-electron chi connectivity index (χ2n) is 7.28. The van der Waals surface area contributed by atoms with Crippen LogP contribution in [0.4, 0.5) is 11.5 Å². The minimum absolute atomic E-state index is 0.162. The lowest BCUT2D eigenvalue weighted by Gasteiger charge is -2.40. The van der Waals surface area contributed by atoms with Crippen LogP contribution < -0.4 is 16.2 Å². The van der Waals surface area contributed by atoms with Crippen LogP contribution in [0.25, 0.3) is 0 Å². The Morgan fingerprint density at radius 2 is 1.96 bits per heavy atom. The van der Waals surface area contributed by atoms with E-state index in [1.165, 1.54) is 37.1 Å². The van der Waals surface area contributed by atoms with E-state index in [4.69, 9.17) is 15.8 Å². The fourth-order valence-corrected chi connectivity index (χ4v) is 3.86. The Kier molecular flexibility index (Phi) is 7.39. The molecule has 6 nitrogen and oxygen atoms in total. The molecule has 0 amide bonds. The van der Waals surface area contributed by atoms with Crippen molar-refractivity contribution in [1.29, 1.82) is 5.26 Å². The highest BCUT2D eigenvalue weighted by Gasteiger charge is 2.40. The van der Waals surface area contributed by atoms with Gasteiger partial charge in [-0.1, -0.05) is 13.0 Å². The average molecular weight is 380 g/mol. The first-order valence-electron chi connectivity index (χ1n) is 9.51. The number of nitrogen functional groups attached to an aromatic ring is 1. The monoisotopic (exact) mass is 380 g/mol. The van der Waals surface area contributed by atoms with Crippen molar-refractivity contribution in [2.45, 2.75) is 39.2 Å². The van der Waals surface area contributed by atoms with E-state index in [0.29, 0.717) is 17.8 Å². The van der Waals surface area contributed by atoms with Crippen LogP contribution in [0, 0.1) is 23.2 Å². The summed E-state index contributed by atoms with van der Waals surface area (Å²) in [6, 6.07) is 13.7. The maximum absolute atomic E-state index is 10.4. The van der Waals surface area contributed by atoms with E-state index in [9.17, 15) is 4.79 Å². The van der Waals surface area contributed by atoms with Gasteiger partial charge in [-0.25, -0.2) is 0 Å². The largest absolute Gasteiger partial charge is 0.385 e. The number of aromatic nitrogens is 1. The van der Waals surface area contributed by atoms with Crippen LogP contribution in [0.2, 0.25) is 0 Å². The maximum Gasteiger partial charge on any atom is 0.249 e. The van der Waals surface area contributed by atoms with E-state index in [0.717, 1.165) is 24.2 Å². The lowest BCUT2D eigenvalue weighted by molar-refractivity contribution is -0.106. The molecular weight excluding hydrogens is 352 g/mol. The number of nitriles is 1. The first-order valence-corrected chi connectivity index (χ1v) is 9.51. The normalized spacial score (nSPS) is 19.7. The minimum atomic E-state index is -0.162. The van der Waals surface area contributed by atoms with Crippen LogP contribution in [0.15, 0.2) is 41.2 Å². The molecule has 1 aromatic heterocycles. The topological polar surface area (TPSA) is 103 Å². The summed E-state index contributed by atoms with van der Waals surface area (Å²) in [5.74, 6) is 2.00. The van der Waals surface area contributed by atoms with E-state index in [-0.39, 0.29) is 5.56 Å². The molecule has 0 radical (unpaired) electrons. The third-order valence-corrected chi connectivity index (χ3v) is 5.06. The van der Waals surface area contributed by atoms with Crippen molar-refractivity contribution < 1.29 is 4.79 Å². The van der Waals surface area contributed by atoms with Gasteiger partial charge in [0.1, 0.15) is 12.1 Å². The summed E-state index contributed by atoms with van der Waals surface area (Å²) in [6.45, 7) is 3.79. The lowest BCUT2D eigenvalue weighted by Crippen LogP contribution is -2.43. The number of H-pyrrole nitrogens is 1. The van der Waals surface area contributed by atoms with E-state index in [1.807, 2.05) is 6.07 Å². The molecule has 6 heteroatoms. The van der Waals surface area contributed by atoms with Crippen molar-refractivity contribution in [3.63, 3.8) is 0 Å². The van der Waals surface area contributed by atoms with Crippen molar-refractivity contribution >= 4 is 17.8 Å². The molecule has 3 N–H and O–H groups in total. The van der Waals surface area contributed by atoms with Crippen molar-refractivity contribution in [2.24, 2.45) is 11.8 Å². The highest BCUT2D eigenvalue weighted by molar-refractivity contribution is 5.59. The second-order valence-corrected chi connectivity index (χ2v) is 7.28. The van der Waals surface area contributed by atoms with Gasteiger partial charge in [0.25, 0.3) is 0 Å². The summed E-state index contributed by atoms with van der Waals surface area (Å²) in [6.07, 6.45) is 4.66. The van der Waals surface area contributed by atoms with Crippen molar-refractivity contribution in [3.05, 3.63) is 57.9 Å². The van der Waals surface area contributed by atoms with Crippen molar-refractivity contribution in [2.75, 3.05) is 17.7 Å². The van der Waals surface area contributed by atoms with Gasteiger partial charge in [0.15, 0.2) is 0 Å². The van der Waals surface area contributed by atoms with Gasteiger partial charge in [-0.2, -0.15) is 5.26 Å². The first kappa shape index (κ1) is 21.2. The van der Waals surface area contributed by atoms with Gasteiger partial charge in [0.05, 0.1) is 11.6 Å². The van der Waals surface area contributed by atoms with Gasteiger partial charge in [-0.3, -0.25) is 4.79 Å². The number of fused-ring (bicyclic) bond motifs is 1. The molecule has 4 rings (SSSR count). The van der Waals surface area contributed by atoms with E-state index in [2.05, 4.69) is 42.1 Å². The molecule has 0 bridgehead atoms. The summed E-state index contributed by atoms with van der Waals surface area (Å²) in [5, 5.41) is 8.96. The fourth-order valence-electron chi connectivity index (χ4n) is 3.86. The Morgan fingerprint density at radius 3 is 2.46 bits per heavy atom. The number of aldehydes is 1. The number of anilines is 2. The summed E-state index contributed by atoms with van der Waals surface area (Å²) in [5.41, 5.74) is 8.50. The summed E-state index contributed by atoms with van der Waals surface area (Å²) in [4.78, 5) is 24.0. The zero-order valence-electron chi connectivity index (χ0n) is 16.7. The Morgan fingerprint density at radius 1 is 1.29 bits per heavy atom. The Hall–Kier alpha value is -3.07. The number of nitrogens with one attached hydrogen (secondary N) is 1. The molecule has 1 aromatic carbocycles. The SMILES string of the molecule is CC1Cc2cc(C#N)ccc2N(C)[C@H]1C1CC1.CC=O.Nc1cccc(=O)[nH]1. The molecule has 1 aliphatic carbocycles. The summed E-state index contributed by atoms with van der Waals surface area (Å²) in [7, 11) is 2.21. The van der Waals surface area contributed by atoms with Gasteiger partial charge < -0.3 is 20.4 Å². The summed E-state index contributed by atoms with van der Waals surface area (Å²) < 4.78 is 0. The number of hydrogen-bond acceptors (Lipinski definition) is 5. The van der Waals surface area contributed by atoms with Gasteiger partial charge in [-0.15, -0.1) is 0 Å². The maximum atomic E-state index is 10.4. The highest BCUT2D eigenvalue weighted by atomic mass is 16.1. The van der Waals surface area contributed by atoms with E-state index >= 15 is 0 Å². The molecule has 0 saturated heterocycles. The molecule has 28 heavy (non-hydrogen) atoms. The van der Waals surface area contributed by atoms with E-state index < -0.39 is 0 Å². The molecule has 2 aliphatic rings. The van der Waals surface area contributed by atoms with Crippen molar-refractivity contribution in [3.8, 4) is 6.07 Å². The molecule has 1 fully saturated rings. The average Bonchev–Trinajstić information content (AvgIpc) is 3.47. The van der Waals surface area contributed by atoms with Crippen LogP contribution in [-0.2, 0) is 11.2 Å². The standard InChI is InChI=1S/C15H18N2.C5H6N2O.C2H4O/c1-10-7-13-8-11(9-16)3-6-14(13)17(2)15(10)12-4-5-12;6-4-2-1-3-5(8)7-4;1-2-3/h3,6,8,10,12,15H,4-5,7H2,1-2H3;1-3H,(H3,6,7,8);2H,1H3/t10?,15-;;/m1../s1. The Bertz CT molecular complexity index is 896. The van der Waals surface area contributed by atoms with Gasteiger partial charge in [0, 0.05) is 24.8 Å². The van der Waals surface area contributed by atoms with Gasteiger partial charge in [0.2, 0.25) is 5.56 Å². The molecule has 0 spiro atoms. The quantitative estimate of drug-likeness (QED) is 0.740. The van der Waals surface area contributed by atoms with Gasteiger partial charge >= 0.3 is 0 Å². The van der Waals surface area contributed by atoms with Crippen LogP contribution in [0.1, 0.15) is 37.8 Å². The first-order chi connectivity index (χ1) is 13.4. The number of nitrogens with zero attached hydrogens (tertiary/aromatic N) is 2. The van der Waals surface area contributed by atoms with Crippen LogP contribution >= 0.6 is 0 Å². The Labute approximate surface area is 166 Å². The number of nitrogens with two attached hydrogens (primary N) is 1. The molecule has 1 unspecified atom stereocenters. The molecule has 1 aliphatic heterocycles. The number of rotatable bonds is 1. The van der Waals surface area contributed by atoms with Crippen molar-refractivity contribution in [1.82, 2.24) is 4.98 Å². The van der Waals surface area contributed by atoms with Crippen LogP contribution in [0.3, 0.4) is 0 Å². The number of hydrogen-bond donors (Lipinski definition) is 2. The number of carbonyl (C=O) groups excluding carboxylic acids is 1. The number of carbonyl (C=O) groups is 1. The molecular formula is C22H28N4O2. The predicted molar refractivity (Wildman–Crippen MR) is 112 cm³/mol. The summed E-state index contributed by atoms with van der Waals surface area (Å²) >= 11 is 0. The van der Waals surface area contributed by atoms with E-state index in [1.54, 1.807) is 12.1 Å². The molecule has 2 heterocycles. The molecule has 2 aromatic rings. The van der Waals surface area contributed by atoms with Gasteiger partial charge in [-0.05, 0) is 67.9 Å². The predicted octanol–water partition coefficient (Wildman–Crippen LogP) is 3.13. The molecule has 2 atom stereocenters. The molecule has 1 saturated carbocycles. The smallest absolute Gasteiger partial charge is 0.249 e. The zero-order valence-corrected chi connectivity index (χ0v) is 16.7. The Balaban J connectivity index is 0.000000213. The zero-order chi connectivity index (χ0) is 20.7. The van der Waals surface area contributed by atoms with Crippen LogP contribution in [-0.4, -0.2) is 24.4 Å². The highest BCUT2D eigenvalue weighted by Crippen LogP contribution is 2.44. The second kappa shape index (κ2) is 9.75. The third kappa shape index (κ3) is 5.46. The number of aromatic amines is 1. The fraction of sp³-hybridized carbons (Fsp3) is 0.409. The molecule has 148 valence electrons. The minimum Gasteiger partial charge on any atom is -0.385 e. The number of benzene rings is 1. The third-order valence-electron chi connectivity index (χ3n) is 5.06. The van der Waals surface area contributed by atoms with Crippen LogP contribution in [0.5, 0.6) is 0 Å².